The van der Waals surface area contributed by atoms with Crippen molar-refractivity contribution in [3.05, 3.63) is 35.4 Å². The number of halogens is 2. The number of hydrogen-bond donors (Lipinski definition) is 2. The molecule has 0 amide bonds. The molecular formula is C12H18F2N2O. The predicted molar refractivity (Wildman–Crippen MR) is 62.5 cm³/mol. The topological polar surface area (TPSA) is 49.5 Å². The van der Waals surface area contributed by atoms with Crippen molar-refractivity contribution in [2.45, 2.75) is 18.6 Å². The van der Waals surface area contributed by atoms with Crippen molar-refractivity contribution >= 4 is 0 Å². The molecule has 2 atom stereocenters. The summed E-state index contributed by atoms with van der Waals surface area (Å²) in [6.45, 7) is 0.647. The quantitative estimate of drug-likeness (QED) is 0.820. The molecular weight excluding hydrogens is 226 g/mol. The fraction of sp³-hybridized carbons (Fsp3) is 0.500. The van der Waals surface area contributed by atoms with Crippen LogP contribution >= 0.6 is 0 Å². The highest BCUT2D eigenvalue weighted by molar-refractivity contribution is 5.23. The summed E-state index contributed by atoms with van der Waals surface area (Å²) in [6.07, 6.45) is -0.863. The first-order valence-corrected chi connectivity index (χ1v) is 5.45. The van der Waals surface area contributed by atoms with Crippen LogP contribution in [0, 0.1) is 11.6 Å². The van der Waals surface area contributed by atoms with Gasteiger partial charge in [-0.2, -0.15) is 0 Å². The first-order chi connectivity index (χ1) is 7.93. The first kappa shape index (κ1) is 14.0. The molecule has 0 saturated heterocycles. The Morgan fingerprint density at radius 2 is 1.82 bits per heavy atom. The summed E-state index contributed by atoms with van der Waals surface area (Å²) in [5.74, 6) is -1.53. The monoisotopic (exact) mass is 244 g/mol. The molecule has 3 nitrogen and oxygen atoms in total. The number of rotatable bonds is 5. The molecule has 2 unspecified atom stereocenters. The van der Waals surface area contributed by atoms with E-state index in [4.69, 9.17) is 5.73 Å². The lowest BCUT2D eigenvalue weighted by Crippen LogP contribution is -2.33. The predicted octanol–water partition coefficient (Wildman–Crippen LogP) is 1.28. The Balaban J connectivity index is 2.78. The molecule has 96 valence electrons. The average Bonchev–Trinajstić information content (AvgIpc) is 2.25. The molecule has 0 heterocycles. The molecule has 0 spiro atoms. The van der Waals surface area contributed by atoms with Gasteiger partial charge in [0.1, 0.15) is 11.6 Å². The third-order valence-corrected chi connectivity index (χ3v) is 2.61. The minimum atomic E-state index is -1.32. The Morgan fingerprint density at radius 3 is 2.29 bits per heavy atom. The third-order valence-electron chi connectivity index (χ3n) is 2.61. The zero-order valence-electron chi connectivity index (χ0n) is 10.0. The van der Waals surface area contributed by atoms with E-state index in [-0.39, 0.29) is 5.56 Å². The van der Waals surface area contributed by atoms with Crippen molar-refractivity contribution in [1.82, 2.24) is 4.90 Å². The first-order valence-electron chi connectivity index (χ1n) is 5.45. The maximum atomic E-state index is 13.4. The van der Waals surface area contributed by atoms with Gasteiger partial charge in [-0.25, -0.2) is 8.78 Å². The summed E-state index contributed by atoms with van der Waals surface area (Å²) in [5, 5.41) is 9.84. The summed E-state index contributed by atoms with van der Waals surface area (Å²) in [4.78, 5) is 1.89. The van der Waals surface area contributed by atoms with E-state index in [1.807, 2.05) is 19.0 Å². The van der Waals surface area contributed by atoms with Gasteiger partial charge >= 0.3 is 0 Å². The van der Waals surface area contributed by atoms with E-state index in [2.05, 4.69) is 0 Å². The van der Waals surface area contributed by atoms with Crippen LogP contribution in [0.15, 0.2) is 18.2 Å². The van der Waals surface area contributed by atoms with Crippen LogP contribution < -0.4 is 5.73 Å². The molecule has 1 rings (SSSR count). The highest BCUT2D eigenvalue weighted by Crippen LogP contribution is 2.23. The zero-order valence-corrected chi connectivity index (χ0v) is 10.0. The molecule has 0 fully saturated rings. The third kappa shape index (κ3) is 3.73. The molecule has 0 bridgehead atoms. The molecule has 0 aromatic heterocycles. The molecule has 1 aromatic rings. The molecule has 0 aliphatic heterocycles. The number of benzene rings is 1. The minimum Gasteiger partial charge on any atom is -0.387 e. The van der Waals surface area contributed by atoms with Crippen LogP contribution in [0.5, 0.6) is 0 Å². The number of aliphatic hydroxyl groups excluding tert-OH is 1. The van der Waals surface area contributed by atoms with Crippen LogP contribution in [0.2, 0.25) is 0 Å². The molecule has 3 N–H and O–H groups in total. The smallest absolute Gasteiger partial charge is 0.132 e. The van der Waals surface area contributed by atoms with Crippen LogP contribution in [-0.2, 0) is 0 Å². The van der Waals surface area contributed by atoms with Gasteiger partial charge in [-0.15, -0.1) is 0 Å². The summed E-state index contributed by atoms with van der Waals surface area (Å²) in [7, 11) is 3.73. The number of aliphatic hydroxyl groups is 1. The molecule has 0 saturated carbocycles. The fourth-order valence-electron chi connectivity index (χ4n) is 1.57. The zero-order chi connectivity index (χ0) is 13.0. The van der Waals surface area contributed by atoms with Crippen LogP contribution in [0.25, 0.3) is 0 Å². The second-order valence-electron chi connectivity index (χ2n) is 4.34. The lowest BCUT2D eigenvalue weighted by Gasteiger charge is -2.21. The van der Waals surface area contributed by atoms with Crippen LogP contribution in [0.4, 0.5) is 8.78 Å². The van der Waals surface area contributed by atoms with E-state index >= 15 is 0 Å². The van der Waals surface area contributed by atoms with E-state index in [1.54, 1.807) is 0 Å². The normalized spacial score (nSPS) is 15.0. The second-order valence-corrected chi connectivity index (χ2v) is 4.34. The van der Waals surface area contributed by atoms with Gasteiger partial charge in [0.15, 0.2) is 0 Å². The van der Waals surface area contributed by atoms with E-state index in [0.29, 0.717) is 13.0 Å². The van der Waals surface area contributed by atoms with Gasteiger partial charge in [-0.1, -0.05) is 6.07 Å². The minimum absolute atomic E-state index is 0.348. The van der Waals surface area contributed by atoms with Crippen molar-refractivity contribution < 1.29 is 13.9 Å². The van der Waals surface area contributed by atoms with Gasteiger partial charge in [0.2, 0.25) is 0 Å². The van der Waals surface area contributed by atoms with Crippen molar-refractivity contribution in [3.63, 3.8) is 0 Å². The maximum Gasteiger partial charge on any atom is 0.132 e. The van der Waals surface area contributed by atoms with E-state index in [0.717, 1.165) is 12.1 Å². The van der Waals surface area contributed by atoms with Crippen LogP contribution in [-0.4, -0.2) is 36.7 Å². The highest BCUT2D eigenvalue weighted by Gasteiger charge is 2.23. The Morgan fingerprint density at radius 1 is 1.29 bits per heavy atom. The SMILES string of the molecule is CN(C)CCC(N)C(O)c1c(F)cccc1F. The summed E-state index contributed by atoms with van der Waals surface area (Å²) in [6, 6.07) is 2.79. The molecule has 0 radical (unpaired) electrons. The lowest BCUT2D eigenvalue weighted by atomic mass is 9.99. The Bertz CT molecular complexity index is 351. The standard InChI is InChI=1S/C12H18F2N2O/c1-16(2)7-6-10(15)12(17)11-8(13)4-3-5-9(11)14/h3-5,10,12,17H,6-7,15H2,1-2H3. The molecule has 17 heavy (non-hydrogen) atoms. The van der Waals surface area contributed by atoms with E-state index < -0.39 is 23.8 Å². The number of nitrogens with two attached hydrogens (primary N) is 1. The van der Waals surface area contributed by atoms with Crippen molar-refractivity contribution in [3.8, 4) is 0 Å². The van der Waals surface area contributed by atoms with Gasteiger partial charge in [-0.3, -0.25) is 0 Å². The summed E-state index contributed by atoms with van der Waals surface area (Å²) in [5.41, 5.74) is 5.38. The fourth-order valence-corrected chi connectivity index (χ4v) is 1.57. The van der Waals surface area contributed by atoms with Crippen molar-refractivity contribution in [2.75, 3.05) is 20.6 Å². The molecule has 5 heteroatoms. The number of hydrogen-bond acceptors (Lipinski definition) is 3. The second kappa shape index (κ2) is 6.05. The van der Waals surface area contributed by atoms with Gasteiger partial charge in [0.05, 0.1) is 11.7 Å². The average molecular weight is 244 g/mol. The van der Waals surface area contributed by atoms with Crippen molar-refractivity contribution in [2.24, 2.45) is 5.73 Å². The van der Waals surface area contributed by atoms with Gasteiger partial charge in [0, 0.05) is 6.04 Å². The highest BCUT2D eigenvalue weighted by atomic mass is 19.1. The van der Waals surface area contributed by atoms with Crippen molar-refractivity contribution in [1.29, 1.82) is 0 Å². The molecule has 0 aliphatic rings. The maximum absolute atomic E-state index is 13.4. The van der Waals surface area contributed by atoms with Gasteiger partial charge in [0.25, 0.3) is 0 Å². The van der Waals surface area contributed by atoms with Gasteiger partial charge in [-0.05, 0) is 39.2 Å². The largest absolute Gasteiger partial charge is 0.387 e. The molecule has 1 aromatic carbocycles. The van der Waals surface area contributed by atoms with Crippen LogP contribution in [0.1, 0.15) is 18.1 Å². The number of nitrogens with zero attached hydrogens (tertiary/aromatic N) is 1. The summed E-state index contributed by atoms with van der Waals surface area (Å²) < 4.78 is 26.8. The Hall–Kier alpha value is -1.04. The molecule has 0 aliphatic carbocycles. The van der Waals surface area contributed by atoms with Crippen LogP contribution in [0.3, 0.4) is 0 Å². The van der Waals surface area contributed by atoms with E-state index in [1.165, 1.54) is 6.07 Å². The van der Waals surface area contributed by atoms with Gasteiger partial charge < -0.3 is 15.7 Å². The lowest BCUT2D eigenvalue weighted by molar-refractivity contribution is 0.129. The van der Waals surface area contributed by atoms with E-state index in [9.17, 15) is 13.9 Å². The Labute approximate surface area is 99.8 Å². The summed E-state index contributed by atoms with van der Waals surface area (Å²) >= 11 is 0. The Kier molecular flexibility index (Phi) is 4.99.